The van der Waals surface area contributed by atoms with E-state index in [2.05, 4.69) is 0 Å². The first-order valence-corrected chi connectivity index (χ1v) is 6.00. The number of hydrogen-bond acceptors (Lipinski definition) is 5. The number of carbonyl (C=O) groups is 1. The summed E-state index contributed by atoms with van der Waals surface area (Å²) in [5.74, 6) is -1.63. The fraction of sp³-hybridized carbons (Fsp3) is 0.909. The molecule has 0 radical (unpaired) electrons. The van der Waals surface area contributed by atoms with Gasteiger partial charge in [0.25, 0.3) is 0 Å². The molecule has 1 aliphatic heterocycles. The van der Waals surface area contributed by atoms with Gasteiger partial charge >= 0.3 is 5.97 Å². The molecule has 6 heteroatoms. The average Bonchev–Trinajstić information content (AvgIpc) is 2.30. The van der Waals surface area contributed by atoms with Gasteiger partial charge in [0.2, 0.25) is 5.79 Å². The third-order valence-electron chi connectivity index (χ3n) is 2.87. The van der Waals surface area contributed by atoms with E-state index >= 15 is 0 Å². The third-order valence-corrected chi connectivity index (χ3v) is 3.09. The molecule has 1 fully saturated rings. The first-order valence-electron chi connectivity index (χ1n) is 5.46. The van der Waals surface area contributed by atoms with Crippen LogP contribution in [0.2, 0.25) is 0 Å². The number of methoxy groups -OCH3 is 1. The molecule has 1 aliphatic rings. The minimum atomic E-state index is -0.915. The van der Waals surface area contributed by atoms with E-state index in [0.717, 1.165) is 0 Å². The molecule has 0 bridgehead atoms. The first kappa shape index (κ1) is 14.7. The summed E-state index contributed by atoms with van der Waals surface area (Å²) in [7, 11) is 1.53. The molecule has 0 saturated carbocycles. The van der Waals surface area contributed by atoms with Gasteiger partial charge < -0.3 is 9.47 Å². The van der Waals surface area contributed by atoms with Crippen LogP contribution in [0.15, 0.2) is 0 Å². The Morgan fingerprint density at radius 3 is 2.59 bits per heavy atom. The molecule has 17 heavy (non-hydrogen) atoms. The molecule has 2 unspecified atom stereocenters. The minimum absolute atomic E-state index is 0.108. The van der Waals surface area contributed by atoms with E-state index in [1.54, 1.807) is 6.92 Å². The van der Waals surface area contributed by atoms with Crippen LogP contribution in [0.4, 0.5) is 0 Å². The molecule has 2 atom stereocenters. The normalized spacial score (nSPS) is 32.2. The van der Waals surface area contributed by atoms with Crippen LogP contribution in [-0.4, -0.2) is 37.0 Å². The first-order chi connectivity index (χ1) is 7.83. The van der Waals surface area contributed by atoms with E-state index in [4.69, 9.17) is 30.8 Å². The summed E-state index contributed by atoms with van der Waals surface area (Å²) in [5.41, 5.74) is -0.434. The van der Waals surface area contributed by atoms with E-state index in [9.17, 15) is 4.79 Å². The number of alkyl halides is 1. The second-order valence-corrected chi connectivity index (χ2v) is 5.13. The van der Waals surface area contributed by atoms with Crippen LogP contribution in [0, 0.1) is 5.92 Å². The van der Waals surface area contributed by atoms with E-state index in [1.807, 2.05) is 13.8 Å². The van der Waals surface area contributed by atoms with Crippen molar-refractivity contribution in [2.75, 3.05) is 19.6 Å². The van der Waals surface area contributed by atoms with E-state index in [-0.39, 0.29) is 18.4 Å². The zero-order valence-electron chi connectivity index (χ0n) is 10.6. The number of rotatable bonds is 4. The van der Waals surface area contributed by atoms with E-state index in [1.165, 1.54) is 7.11 Å². The number of halogens is 1. The molecule has 0 aromatic carbocycles. The summed E-state index contributed by atoms with van der Waals surface area (Å²) in [6, 6.07) is 0. The van der Waals surface area contributed by atoms with Gasteiger partial charge in [0.05, 0.1) is 18.1 Å². The predicted octanol–water partition coefficient (Wildman–Crippen LogP) is 1.88. The molecule has 0 amide bonds. The summed E-state index contributed by atoms with van der Waals surface area (Å²) < 4.78 is 10.3. The highest BCUT2D eigenvalue weighted by Gasteiger charge is 2.47. The number of esters is 1. The average molecular weight is 267 g/mol. The fourth-order valence-corrected chi connectivity index (χ4v) is 1.80. The number of hydrogen-bond donors (Lipinski definition) is 0. The summed E-state index contributed by atoms with van der Waals surface area (Å²) >= 11 is 5.37. The quantitative estimate of drug-likeness (QED) is 0.442. The Morgan fingerprint density at radius 1 is 1.41 bits per heavy atom. The van der Waals surface area contributed by atoms with Crippen molar-refractivity contribution >= 4 is 17.6 Å². The van der Waals surface area contributed by atoms with E-state index in [0.29, 0.717) is 6.42 Å². The predicted molar refractivity (Wildman–Crippen MR) is 61.4 cm³/mol. The fourth-order valence-electron chi connectivity index (χ4n) is 1.72. The van der Waals surface area contributed by atoms with Crippen molar-refractivity contribution < 1.29 is 24.0 Å². The molecule has 5 nitrogen and oxygen atoms in total. The standard InChI is InChI=1S/C11H19ClO5/c1-10(2)5-8(7-15-9(13)6-12)11(3,14-4)17-16-10/h8H,5-7H2,1-4H3. The van der Waals surface area contributed by atoms with Crippen LogP contribution in [-0.2, 0) is 24.0 Å². The minimum Gasteiger partial charge on any atom is -0.464 e. The van der Waals surface area contributed by atoms with Crippen molar-refractivity contribution in [2.45, 2.75) is 38.6 Å². The summed E-state index contributed by atoms with van der Waals surface area (Å²) in [5, 5.41) is 0. The number of carbonyl (C=O) groups excluding carboxylic acids is 1. The molecular weight excluding hydrogens is 248 g/mol. The summed E-state index contributed by atoms with van der Waals surface area (Å²) in [6.45, 7) is 5.75. The summed E-state index contributed by atoms with van der Waals surface area (Å²) in [4.78, 5) is 21.6. The smallest absolute Gasteiger partial charge is 0.320 e. The zero-order valence-corrected chi connectivity index (χ0v) is 11.4. The molecule has 100 valence electrons. The maximum absolute atomic E-state index is 11.0. The lowest BCUT2D eigenvalue weighted by Gasteiger charge is -2.44. The maximum Gasteiger partial charge on any atom is 0.320 e. The SMILES string of the molecule is COC1(C)OOC(C)(C)CC1COC(=O)CCl. The van der Waals surface area contributed by atoms with Crippen molar-refractivity contribution in [3.8, 4) is 0 Å². The van der Waals surface area contributed by atoms with Crippen LogP contribution in [0.25, 0.3) is 0 Å². The molecular formula is C11H19ClO5. The highest BCUT2D eigenvalue weighted by atomic mass is 35.5. The highest BCUT2D eigenvalue weighted by Crippen LogP contribution is 2.38. The lowest BCUT2D eigenvalue weighted by molar-refractivity contribution is -0.495. The van der Waals surface area contributed by atoms with Crippen molar-refractivity contribution in [2.24, 2.45) is 5.92 Å². The monoisotopic (exact) mass is 266 g/mol. The second-order valence-electron chi connectivity index (χ2n) is 4.86. The molecule has 0 aromatic rings. The van der Waals surface area contributed by atoms with Gasteiger partial charge in [-0.1, -0.05) is 0 Å². The molecule has 0 aliphatic carbocycles. The lowest BCUT2D eigenvalue weighted by Crippen LogP contribution is -2.52. The van der Waals surface area contributed by atoms with Gasteiger partial charge in [-0.3, -0.25) is 4.79 Å². The van der Waals surface area contributed by atoms with Crippen LogP contribution in [0.3, 0.4) is 0 Å². The largest absolute Gasteiger partial charge is 0.464 e. The van der Waals surface area contributed by atoms with Crippen molar-refractivity contribution in [3.05, 3.63) is 0 Å². The molecule has 1 heterocycles. The van der Waals surface area contributed by atoms with Crippen molar-refractivity contribution in [3.63, 3.8) is 0 Å². The van der Waals surface area contributed by atoms with Gasteiger partial charge in [-0.2, -0.15) is 0 Å². The lowest BCUT2D eigenvalue weighted by atomic mass is 9.87. The Kier molecular flexibility index (Phi) is 4.77. The molecule has 1 saturated heterocycles. The Balaban J connectivity index is 2.65. The highest BCUT2D eigenvalue weighted by molar-refractivity contribution is 6.26. The van der Waals surface area contributed by atoms with Gasteiger partial charge in [0, 0.05) is 7.11 Å². The molecule has 0 spiro atoms. The van der Waals surface area contributed by atoms with Gasteiger partial charge in [-0.15, -0.1) is 11.6 Å². The number of ether oxygens (including phenoxy) is 2. The van der Waals surface area contributed by atoms with Crippen molar-refractivity contribution in [1.82, 2.24) is 0 Å². The van der Waals surface area contributed by atoms with Crippen LogP contribution >= 0.6 is 11.6 Å². The second kappa shape index (κ2) is 5.52. The van der Waals surface area contributed by atoms with Gasteiger partial charge in [0.15, 0.2) is 0 Å². The van der Waals surface area contributed by atoms with Crippen LogP contribution in [0.1, 0.15) is 27.2 Å². The zero-order chi connectivity index (χ0) is 13.1. The molecule has 1 rings (SSSR count). The Hall–Kier alpha value is -0.360. The van der Waals surface area contributed by atoms with Crippen molar-refractivity contribution in [1.29, 1.82) is 0 Å². The van der Waals surface area contributed by atoms with Gasteiger partial charge in [-0.25, -0.2) is 9.78 Å². The van der Waals surface area contributed by atoms with E-state index < -0.39 is 17.4 Å². The Morgan fingerprint density at radius 2 is 2.06 bits per heavy atom. The summed E-state index contributed by atoms with van der Waals surface area (Å²) in [6.07, 6.45) is 0.660. The third kappa shape index (κ3) is 3.81. The molecule has 0 N–H and O–H groups in total. The van der Waals surface area contributed by atoms with Gasteiger partial charge in [-0.05, 0) is 27.2 Å². The Labute approximate surface area is 106 Å². The van der Waals surface area contributed by atoms with Crippen LogP contribution < -0.4 is 0 Å². The van der Waals surface area contributed by atoms with Gasteiger partial charge in [0.1, 0.15) is 5.88 Å². The topological polar surface area (TPSA) is 54.0 Å². The maximum atomic E-state index is 11.0. The Bertz CT molecular complexity index is 281. The molecule has 0 aromatic heterocycles. The van der Waals surface area contributed by atoms with Crippen LogP contribution in [0.5, 0.6) is 0 Å².